The first kappa shape index (κ1) is 14.0. The van der Waals surface area contributed by atoms with Crippen molar-refractivity contribution in [1.29, 1.82) is 0 Å². The normalized spacial score (nSPS) is 12.1. The highest BCUT2D eigenvalue weighted by Crippen LogP contribution is 2.07. The number of nitrogens with one attached hydrogen (secondary N) is 1. The molecule has 0 saturated heterocycles. The van der Waals surface area contributed by atoms with E-state index in [-0.39, 0.29) is 0 Å². The van der Waals surface area contributed by atoms with Gasteiger partial charge in [0.2, 0.25) is 0 Å². The molecule has 0 saturated carbocycles. The van der Waals surface area contributed by atoms with Crippen LogP contribution in [0.2, 0.25) is 0 Å². The van der Waals surface area contributed by atoms with E-state index < -0.39 is 0 Å². The van der Waals surface area contributed by atoms with E-state index in [9.17, 15) is 0 Å². The minimum Gasteiger partial charge on any atom is -0.316 e. The van der Waals surface area contributed by atoms with Crippen LogP contribution in [0, 0.1) is 5.92 Å². The molecule has 94 valence electrons. The number of rotatable bonds is 7. The summed E-state index contributed by atoms with van der Waals surface area (Å²) in [5, 5.41) is 3.46. The molecule has 0 heterocycles. The molecule has 0 bridgehead atoms. The average Bonchev–Trinajstić information content (AvgIpc) is 2.29. The minimum absolute atomic E-state index is 0.740. The summed E-state index contributed by atoms with van der Waals surface area (Å²) in [6, 6.07) is 10.7. The second kappa shape index (κ2) is 8.08. The standard InChI is InChI=1S/C16H25N/c1-14(2)13-17-11-7-8-15(3)12-16-9-5-4-6-10-16/h4-6,8-10,14,17H,7,11-13H2,1-3H3/b15-8-. The van der Waals surface area contributed by atoms with Crippen LogP contribution in [0.4, 0.5) is 0 Å². The first-order chi connectivity index (χ1) is 8.18. The van der Waals surface area contributed by atoms with E-state index in [1.807, 2.05) is 0 Å². The van der Waals surface area contributed by atoms with Crippen LogP contribution in [0.5, 0.6) is 0 Å². The maximum Gasteiger partial charge on any atom is -0.00141 e. The molecule has 0 spiro atoms. The zero-order chi connectivity index (χ0) is 12.5. The van der Waals surface area contributed by atoms with Gasteiger partial charge in [-0.15, -0.1) is 0 Å². The number of benzene rings is 1. The SMILES string of the molecule is C/C(=C/CCNCC(C)C)Cc1ccccc1. The molecule has 0 fully saturated rings. The quantitative estimate of drug-likeness (QED) is 0.556. The monoisotopic (exact) mass is 231 g/mol. The lowest BCUT2D eigenvalue weighted by Gasteiger charge is -2.06. The van der Waals surface area contributed by atoms with Gasteiger partial charge in [-0.3, -0.25) is 0 Å². The van der Waals surface area contributed by atoms with Crippen molar-refractivity contribution in [3.63, 3.8) is 0 Å². The summed E-state index contributed by atoms with van der Waals surface area (Å²) < 4.78 is 0. The van der Waals surface area contributed by atoms with Crippen molar-refractivity contribution in [3.8, 4) is 0 Å². The summed E-state index contributed by atoms with van der Waals surface area (Å²) in [7, 11) is 0. The van der Waals surface area contributed by atoms with Crippen molar-refractivity contribution >= 4 is 0 Å². The molecule has 1 aromatic rings. The lowest BCUT2D eigenvalue weighted by molar-refractivity contribution is 0.556. The Morgan fingerprint density at radius 1 is 1.24 bits per heavy atom. The fourth-order valence-corrected chi connectivity index (χ4v) is 1.80. The van der Waals surface area contributed by atoms with Crippen LogP contribution in [0.3, 0.4) is 0 Å². The molecule has 1 aromatic carbocycles. The predicted molar refractivity (Wildman–Crippen MR) is 76.2 cm³/mol. The number of hydrogen-bond acceptors (Lipinski definition) is 1. The average molecular weight is 231 g/mol. The van der Waals surface area contributed by atoms with Crippen molar-refractivity contribution in [2.24, 2.45) is 5.92 Å². The Bertz CT molecular complexity index is 325. The Balaban J connectivity index is 2.21. The Kier molecular flexibility index (Phi) is 6.64. The van der Waals surface area contributed by atoms with E-state index in [0.29, 0.717) is 0 Å². The van der Waals surface area contributed by atoms with Crippen LogP contribution in [-0.2, 0) is 6.42 Å². The van der Waals surface area contributed by atoms with Gasteiger partial charge in [0, 0.05) is 0 Å². The van der Waals surface area contributed by atoms with Gasteiger partial charge in [-0.2, -0.15) is 0 Å². The summed E-state index contributed by atoms with van der Waals surface area (Å²) in [5.74, 6) is 0.740. The van der Waals surface area contributed by atoms with Crippen LogP contribution < -0.4 is 5.32 Å². The fourth-order valence-electron chi connectivity index (χ4n) is 1.80. The molecule has 0 unspecified atom stereocenters. The Labute approximate surface area is 106 Å². The van der Waals surface area contributed by atoms with Gasteiger partial charge in [0.1, 0.15) is 0 Å². The van der Waals surface area contributed by atoms with Crippen LogP contribution in [0.15, 0.2) is 42.0 Å². The van der Waals surface area contributed by atoms with Gasteiger partial charge in [0.05, 0.1) is 0 Å². The van der Waals surface area contributed by atoms with Gasteiger partial charge in [-0.25, -0.2) is 0 Å². The summed E-state index contributed by atoms with van der Waals surface area (Å²) in [5.41, 5.74) is 2.86. The van der Waals surface area contributed by atoms with Crippen molar-refractivity contribution in [1.82, 2.24) is 5.32 Å². The van der Waals surface area contributed by atoms with E-state index in [4.69, 9.17) is 0 Å². The second-order valence-corrected chi connectivity index (χ2v) is 5.10. The molecule has 0 aromatic heterocycles. The van der Waals surface area contributed by atoms with E-state index in [1.165, 1.54) is 11.1 Å². The van der Waals surface area contributed by atoms with E-state index in [1.54, 1.807) is 0 Å². The Hall–Kier alpha value is -1.08. The van der Waals surface area contributed by atoms with Crippen molar-refractivity contribution in [2.45, 2.75) is 33.6 Å². The largest absolute Gasteiger partial charge is 0.316 e. The lowest BCUT2D eigenvalue weighted by Crippen LogP contribution is -2.20. The first-order valence-corrected chi connectivity index (χ1v) is 6.58. The third kappa shape index (κ3) is 6.96. The third-order valence-electron chi connectivity index (χ3n) is 2.69. The van der Waals surface area contributed by atoms with Gasteiger partial charge in [0.25, 0.3) is 0 Å². The van der Waals surface area contributed by atoms with Gasteiger partial charge >= 0.3 is 0 Å². The molecule has 1 nitrogen and oxygen atoms in total. The minimum atomic E-state index is 0.740. The molecule has 0 radical (unpaired) electrons. The second-order valence-electron chi connectivity index (χ2n) is 5.10. The highest BCUT2D eigenvalue weighted by molar-refractivity contribution is 5.20. The molecule has 1 rings (SSSR count). The van der Waals surface area contributed by atoms with Gasteiger partial charge in [0.15, 0.2) is 0 Å². The molecule has 1 heteroatoms. The van der Waals surface area contributed by atoms with E-state index in [0.717, 1.165) is 31.8 Å². The van der Waals surface area contributed by atoms with Gasteiger partial charge in [-0.1, -0.05) is 55.8 Å². The summed E-state index contributed by atoms with van der Waals surface area (Å²) in [4.78, 5) is 0. The summed E-state index contributed by atoms with van der Waals surface area (Å²) in [6.07, 6.45) is 4.55. The topological polar surface area (TPSA) is 12.0 Å². The maximum atomic E-state index is 3.46. The van der Waals surface area contributed by atoms with Crippen molar-refractivity contribution in [2.75, 3.05) is 13.1 Å². The van der Waals surface area contributed by atoms with Crippen LogP contribution in [-0.4, -0.2) is 13.1 Å². The molecule has 0 aliphatic rings. The zero-order valence-electron chi connectivity index (χ0n) is 11.4. The van der Waals surface area contributed by atoms with Crippen LogP contribution in [0.1, 0.15) is 32.8 Å². The summed E-state index contributed by atoms with van der Waals surface area (Å²) >= 11 is 0. The maximum absolute atomic E-state index is 3.46. The fraction of sp³-hybridized carbons (Fsp3) is 0.500. The zero-order valence-corrected chi connectivity index (χ0v) is 11.4. The third-order valence-corrected chi connectivity index (χ3v) is 2.69. The highest BCUT2D eigenvalue weighted by atomic mass is 14.8. The van der Waals surface area contributed by atoms with E-state index in [2.05, 4.69) is 62.5 Å². The van der Waals surface area contributed by atoms with Gasteiger partial charge in [-0.05, 0) is 44.3 Å². The van der Waals surface area contributed by atoms with Crippen LogP contribution >= 0.6 is 0 Å². The van der Waals surface area contributed by atoms with Crippen molar-refractivity contribution < 1.29 is 0 Å². The summed E-state index contributed by atoms with van der Waals surface area (Å²) in [6.45, 7) is 8.90. The molecule has 17 heavy (non-hydrogen) atoms. The van der Waals surface area contributed by atoms with Crippen LogP contribution in [0.25, 0.3) is 0 Å². The smallest absolute Gasteiger partial charge is 0.00141 e. The van der Waals surface area contributed by atoms with Gasteiger partial charge < -0.3 is 5.32 Å². The predicted octanol–water partition coefficient (Wildman–Crippen LogP) is 3.81. The highest BCUT2D eigenvalue weighted by Gasteiger charge is 1.94. The molecule has 0 amide bonds. The molecular weight excluding hydrogens is 206 g/mol. The molecule has 0 aliphatic heterocycles. The first-order valence-electron chi connectivity index (χ1n) is 6.58. The Morgan fingerprint density at radius 2 is 1.94 bits per heavy atom. The lowest BCUT2D eigenvalue weighted by atomic mass is 10.1. The van der Waals surface area contributed by atoms with Crippen molar-refractivity contribution in [3.05, 3.63) is 47.5 Å². The molecule has 0 atom stereocenters. The molecule has 0 aliphatic carbocycles. The molecule has 1 N–H and O–H groups in total. The molecular formula is C16H25N. The van der Waals surface area contributed by atoms with E-state index >= 15 is 0 Å². The number of allylic oxidation sites excluding steroid dienone is 1. The number of hydrogen-bond donors (Lipinski definition) is 1. The Morgan fingerprint density at radius 3 is 2.59 bits per heavy atom.